The van der Waals surface area contributed by atoms with Crippen molar-refractivity contribution in [1.82, 2.24) is 5.32 Å². The van der Waals surface area contributed by atoms with Crippen molar-refractivity contribution in [2.24, 2.45) is 11.7 Å². The van der Waals surface area contributed by atoms with Crippen LogP contribution in [0.4, 0.5) is 0 Å². The van der Waals surface area contributed by atoms with Gasteiger partial charge in [0.2, 0.25) is 0 Å². The molecule has 0 aromatic heterocycles. The van der Waals surface area contributed by atoms with Crippen LogP contribution in [0.25, 0.3) is 0 Å². The van der Waals surface area contributed by atoms with Gasteiger partial charge in [0, 0.05) is 5.92 Å². The number of rotatable bonds is 3. The highest BCUT2D eigenvalue weighted by molar-refractivity contribution is 5.85. The van der Waals surface area contributed by atoms with Crippen LogP contribution in [-0.4, -0.2) is 30.7 Å². The molecule has 0 radical (unpaired) electrons. The molecule has 90 valence electrons. The van der Waals surface area contributed by atoms with E-state index in [0.717, 1.165) is 12.8 Å². The molecule has 1 heterocycles. The van der Waals surface area contributed by atoms with Crippen LogP contribution >= 0.6 is 0 Å². The quantitative estimate of drug-likeness (QED) is 0.681. The number of Topliss-reactive ketones (excluding diaryl/α,β-unsaturated/α-hetero) is 2. The zero-order valence-corrected chi connectivity index (χ0v) is 9.74. The van der Waals surface area contributed by atoms with E-state index in [0.29, 0.717) is 13.0 Å². The molecule has 0 spiro atoms. The first-order valence-corrected chi connectivity index (χ1v) is 5.76. The normalized spacial score (nSPS) is 29.0. The molecule has 0 unspecified atom stereocenters. The summed E-state index contributed by atoms with van der Waals surface area (Å²) in [5, 5.41) is 3.01. The number of hydrogen-bond acceptors (Lipinski definition) is 4. The van der Waals surface area contributed by atoms with E-state index in [-0.39, 0.29) is 30.1 Å². The molecule has 4 nitrogen and oxygen atoms in total. The van der Waals surface area contributed by atoms with E-state index in [4.69, 9.17) is 5.73 Å². The summed E-state index contributed by atoms with van der Waals surface area (Å²) in [5.41, 5.74) is 5.48. The summed E-state index contributed by atoms with van der Waals surface area (Å²) in [7, 11) is 0. The van der Waals surface area contributed by atoms with Gasteiger partial charge in [-0.1, -0.05) is 12.2 Å². The van der Waals surface area contributed by atoms with Crippen molar-refractivity contribution in [3.63, 3.8) is 0 Å². The first-order valence-electron chi connectivity index (χ1n) is 5.76. The predicted molar refractivity (Wildman–Crippen MR) is 63.0 cm³/mol. The molecule has 0 saturated carbocycles. The van der Waals surface area contributed by atoms with Crippen molar-refractivity contribution in [3.8, 4) is 0 Å². The lowest BCUT2D eigenvalue weighted by Crippen LogP contribution is -2.39. The number of ketones is 2. The molecule has 2 atom stereocenters. The molecule has 0 saturated heterocycles. The summed E-state index contributed by atoms with van der Waals surface area (Å²) in [6.45, 7) is 2.35. The topological polar surface area (TPSA) is 72.2 Å². The highest BCUT2D eigenvalue weighted by Gasteiger charge is 2.20. The molecule has 0 aliphatic carbocycles. The lowest BCUT2D eigenvalue weighted by atomic mass is 9.96. The first kappa shape index (κ1) is 13.1. The number of hydrogen-bond donors (Lipinski definition) is 2. The number of carbonyl (C=O) groups excluding carboxylic acids is 2. The molecule has 16 heavy (non-hydrogen) atoms. The molecule has 1 rings (SSSR count). The Labute approximate surface area is 96.3 Å². The minimum absolute atomic E-state index is 0.000502. The largest absolute Gasteiger partial charge is 0.330 e. The van der Waals surface area contributed by atoms with Crippen LogP contribution in [0.15, 0.2) is 12.2 Å². The Morgan fingerprint density at radius 2 is 2.19 bits per heavy atom. The van der Waals surface area contributed by atoms with Gasteiger partial charge in [-0.25, -0.2) is 0 Å². The maximum absolute atomic E-state index is 11.8. The van der Waals surface area contributed by atoms with E-state index in [1.54, 1.807) is 6.92 Å². The molecule has 0 bridgehead atoms. The Hall–Kier alpha value is -1.00. The molecule has 0 aromatic rings. The number of allylic oxidation sites excluding steroid dienone is 1. The molecule has 0 amide bonds. The Morgan fingerprint density at radius 1 is 1.50 bits per heavy atom. The maximum Gasteiger partial charge on any atom is 0.150 e. The Bertz CT molecular complexity index is 287. The average Bonchev–Trinajstić information content (AvgIpc) is 2.32. The van der Waals surface area contributed by atoms with Crippen LogP contribution in [0.3, 0.4) is 0 Å². The molecular weight excluding hydrogens is 204 g/mol. The van der Waals surface area contributed by atoms with E-state index < -0.39 is 0 Å². The Morgan fingerprint density at radius 3 is 2.81 bits per heavy atom. The highest BCUT2D eigenvalue weighted by atomic mass is 16.1. The third-order valence-corrected chi connectivity index (χ3v) is 2.94. The third-order valence-electron chi connectivity index (χ3n) is 2.94. The second-order valence-corrected chi connectivity index (χ2v) is 4.23. The zero-order chi connectivity index (χ0) is 12.0. The van der Waals surface area contributed by atoms with Crippen LogP contribution in [0.2, 0.25) is 0 Å². The third kappa shape index (κ3) is 3.87. The monoisotopic (exact) mass is 224 g/mol. The fourth-order valence-electron chi connectivity index (χ4n) is 1.87. The van der Waals surface area contributed by atoms with Crippen LogP contribution < -0.4 is 11.1 Å². The fraction of sp³-hybridized carbons (Fsp3) is 0.667. The second kappa shape index (κ2) is 6.55. The van der Waals surface area contributed by atoms with Crippen molar-refractivity contribution in [2.75, 3.05) is 13.1 Å². The van der Waals surface area contributed by atoms with Crippen molar-refractivity contribution < 1.29 is 9.59 Å². The Kier molecular flexibility index (Phi) is 5.35. The minimum atomic E-state index is -0.225. The maximum atomic E-state index is 11.8. The lowest BCUT2D eigenvalue weighted by molar-refractivity contribution is -0.122. The van der Waals surface area contributed by atoms with Crippen LogP contribution in [0.1, 0.15) is 26.2 Å². The highest BCUT2D eigenvalue weighted by Crippen LogP contribution is 2.12. The van der Waals surface area contributed by atoms with E-state index in [1.165, 1.54) is 0 Å². The molecule has 0 aromatic carbocycles. The van der Waals surface area contributed by atoms with E-state index in [9.17, 15) is 9.59 Å². The smallest absolute Gasteiger partial charge is 0.150 e. The van der Waals surface area contributed by atoms with Crippen LogP contribution in [0.5, 0.6) is 0 Å². The summed E-state index contributed by atoms with van der Waals surface area (Å²) < 4.78 is 0. The Balaban J connectivity index is 2.63. The fourth-order valence-corrected chi connectivity index (χ4v) is 1.87. The molecule has 1 aliphatic rings. The van der Waals surface area contributed by atoms with Crippen LogP contribution in [0, 0.1) is 5.92 Å². The molecule has 3 N–H and O–H groups in total. The summed E-state index contributed by atoms with van der Waals surface area (Å²) >= 11 is 0. The molecule has 0 fully saturated rings. The zero-order valence-electron chi connectivity index (χ0n) is 9.74. The second-order valence-electron chi connectivity index (χ2n) is 4.23. The van der Waals surface area contributed by atoms with Gasteiger partial charge in [0.25, 0.3) is 0 Å². The van der Waals surface area contributed by atoms with Gasteiger partial charge in [0.15, 0.2) is 0 Å². The first-order chi connectivity index (χ1) is 7.65. The number of nitrogens with two attached hydrogens (primary N) is 1. The van der Waals surface area contributed by atoms with Crippen molar-refractivity contribution in [3.05, 3.63) is 12.2 Å². The minimum Gasteiger partial charge on any atom is -0.330 e. The van der Waals surface area contributed by atoms with Gasteiger partial charge in [0.1, 0.15) is 11.6 Å². The van der Waals surface area contributed by atoms with Gasteiger partial charge in [-0.3, -0.25) is 9.59 Å². The lowest BCUT2D eigenvalue weighted by Gasteiger charge is -2.15. The van der Waals surface area contributed by atoms with Gasteiger partial charge in [-0.2, -0.15) is 0 Å². The summed E-state index contributed by atoms with van der Waals surface area (Å²) in [5.74, 6) is 0.234. The SMILES string of the molecule is CC(=O)[C@@H]1C/C=C\C[C@H](CCN)C(=O)CN1. The number of carbonyl (C=O) groups is 2. The molecule has 4 heteroatoms. The van der Waals surface area contributed by atoms with Gasteiger partial charge < -0.3 is 11.1 Å². The predicted octanol–water partition coefficient (Wildman–Crippen LogP) is 0.418. The van der Waals surface area contributed by atoms with Crippen molar-refractivity contribution in [2.45, 2.75) is 32.2 Å². The summed E-state index contributed by atoms with van der Waals surface area (Å²) in [4.78, 5) is 23.1. The van der Waals surface area contributed by atoms with E-state index in [2.05, 4.69) is 5.32 Å². The molecule has 1 aliphatic heterocycles. The summed E-state index contributed by atoms with van der Waals surface area (Å²) in [6.07, 6.45) is 6.08. The van der Waals surface area contributed by atoms with Gasteiger partial charge >= 0.3 is 0 Å². The van der Waals surface area contributed by atoms with Crippen molar-refractivity contribution in [1.29, 1.82) is 0 Å². The van der Waals surface area contributed by atoms with Gasteiger partial charge in [-0.05, 0) is 32.7 Å². The summed E-state index contributed by atoms with van der Waals surface area (Å²) in [6, 6.07) is -0.225. The standard InChI is InChI=1S/C12H20N2O2/c1-9(15)11-5-3-2-4-10(6-7-13)12(16)8-14-11/h2-3,10-11,14H,4-8,13H2,1H3/b3-2-/t10-,11+/m1/s1. The van der Waals surface area contributed by atoms with E-state index in [1.807, 2.05) is 12.2 Å². The van der Waals surface area contributed by atoms with Gasteiger partial charge in [0.05, 0.1) is 12.6 Å². The van der Waals surface area contributed by atoms with Gasteiger partial charge in [-0.15, -0.1) is 0 Å². The number of nitrogens with one attached hydrogen (secondary N) is 1. The molecular formula is C12H20N2O2. The average molecular weight is 224 g/mol. The van der Waals surface area contributed by atoms with E-state index >= 15 is 0 Å². The van der Waals surface area contributed by atoms with Crippen molar-refractivity contribution >= 4 is 11.6 Å². The van der Waals surface area contributed by atoms with Crippen LogP contribution in [-0.2, 0) is 9.59 Å².